The zero-order chi connectivity index (χ0) is 13.5. The molecule has 1 aromatic carbocycles. The quantitative estimate of drug-likeness (QED) is 0.840. The molecule has 2 aliphatic rings. The highest BCUT2D eigenvalue weighted by Gasteiger charge is 2.36. The lowest BCUT2D eigenvalue weighted by atomic mass is 10.1. The van der Waals surface area contributed by atoms with Gasteiger partial charge in [0.2, 0.25) is 0 Å². The first-order valence-corrected chi connectivity index (χ1v) is 7.25. The first kappa shape index (κ1) is 12.9. The second-order valence-corrected chi connectivity index (χ2v) is 6.71. The molecule has 3 heteroatoms. The lowest BCUT2D eigenvalue weighted by Gasteiger charge is -2.25. The third-order valence-electron chi connectivity index (χ3n) is 3.93. The third-order valence-corrected chi connectivity index (χ3v) is 3.93. The van der Waals surface area contributed by atoms with Crippen molar-refractivity contribution in [2.75, 3.05) is 18.4 Å². The third kappa shape index (κ3) is 2.93. The molecule has 19 heavy (non-hydrogen) atoms. The van der Waals surface area contributed by atoms with Crippen molar-refractivity contribution >= 4 is 5.69 Å². The standard InChI is InChI=1S/C16H24N2O/c1-16(2,3)19-14-8-13-9-17-15-7-5-4-6-12(15)10-18(13)11-14/h4-7,13-14,17H,8-11H2,1-3H3. The van der Waals surface area contributed by atoms with Crippen LogP contribution in [0.1, 0.15) is 32.8 Å². The summed E-state index contributed by atoms with van der Waals surface area (Å²) in [5.74, 6) is 0. The molecule has 0 aliphatic carbocycles. The largest absolute Gasteiger partial charge is 0.383 e. The van der Waals surface area contributed by atoms with Gasteiger partial charge in [-0.25, -0.2) is 0 Å². The SMILES string of the molecule is CC(C)(C)OC1CC2CNc3ccccc3CN2C1. The number of rotatable bonds is 1. The van der Waals surface area contributed by atoms with Crippen molar-refractivity contribution in [3.05, 3.63) is 29.8 Å². The first-order chi connectivity index (χ1) is 9.01. The Bertz CT molecular complexity index is 452. The van der Waals surface area contributed by atoms with Crippen LogP contribution in [0.15, 0.2) is 24.3 Å². The molecule has 0 radical (unpaired) electrons. The summed E-state index contributed by atoms with van der Waals surface area (Å²) in [6.07, 6.45) is 1.51. The number of fused-ring (bicyclic) bond motifs is 2. The van der Waals surface area contributed by atoms with E-state index in [0.717, 1.165) is 26.1 Å². The van der Waals surface area contributed by atoms with Crippen molar-refractivity contribution in [3.8, 4) is 0 Å². The van der Waals surface area contributed by atoms with Crippen LogP contribution < -0.4 is 5.32 Å². The Morgan fingerprint density at radius 3 is 2.84 bits per heavy atom. The minimum Gasteiger partial charge on any atom is -0.383 e. The molecule has 0 aromatic heterocycles. The smallest absolute Gasteiger partial charge is 0.0724 e. The number of anilines is 1. The molecule has 1 saturated heterocycles. The molecule has 2 unspecified atom stereocenters. The first-order valence-electron chi connectivity index (χ1n) is 7.25. The van der Waals surface area contributed by atoms with E-state index in [1.807, 2.05) is 0 Å². The number of benzene rings is 1. The van der Waals surface area contributed by atoms with Gasteiger partial charge in [0, 0.05) is 31.4 Å². The summed E-state index contributed by atoms with van der Waals surface area (Å²) in [6.45, 7) is 9.55. The summed E-state index contributed by atoms with van der Waals surface area (Å²) in [6, 6.07) is 9.23. The second kappa shape index (κ2) is 4.80. The minimum atomic E-state index is -0.0410. The molecule has 3 nitrogen and oxygen atoms in total. The van der Waals surface area contributed by atoms with Crippen molar-refractivity contribution in [3.63, 3.8) is 0 Å². The Hall–Kier alpha value is -1.06. The summed E-state index contributed by atoms with van der Waals surface area (Å²) in [7, 11) is 0. The Kier molecular flexibility index (Phi) is 3.27. The maximum atomic E-state index is 6.15. The van der Waals surface area contributed by atoms with E-state index in [4.69, 9.17) is 4.74 Å². The lowest BCUT2D eigenvalue weighted by molar-refractivity contribution is -0.0542. The monoisotopic (exact) mass is 260 g/mol. The zero-order valence-corrected chi connectivity index (χ0v) is 12.1. The van der Waals surface area contributed by atoms with Gasteiger partial charge in [-0.05, 0) is 38.8 Å². The topological polar surface area (TPSA) is 24.5 Å². The van der Waals surface area contributed by atoms with E-state index in [2.05, 4.69) is 55.3 Å². The van der Waals surface area contributed by atoms with E-state index in [9.17, 15) is 0 Å². The molecule has 2 aliphatic heterocycles. The average Bonchev–Trinajstić information content (AvgIpc) is 2.59. The van der Waals surface area contributed by atoms with E-state index in [0.29, 0.717) is 12.1 Å². The molecule has 2 heterocycles. The molecule has 1 fully saturated rings. The normalized spacial score (nSPS) is 27.3. The van der Waals surface area contributed by atoms with Gasteiger partial charge in [0.15, 0.2) is 0 Å². The summed E-state index contributed by atoms with van der Waals surface area (Å²) >= 11 is 0. The molecule has 1 aromatic rings. The molecular formula is C16H24N2O. The fourth-order valence-corrected chi connectivity index (χ4v) is 3.21. The van der Waals surface area contributed by atoms with Gasteiger partial charge in [-0.2, -0.15) is 0 Å². The number of hydrogen-bond donors (Lipinski definition) is 1. The number of para-hydroxylation sites is 1. The van der Waals surface area contributed by atoms with Crippen molar-refractivity contribution in [1.82, 2.24) is 4.90 Å². The van der Waals surface area contributed by atoms with Gasteiger partial charge in [-0.3, -0.25) is 4.90 Å². The fourth-order valence-electron chi connectivity index (χ4n) is 3.21. The summed E-state index contributed by atoms with van der Waals surface area (Å²) < 4.78 is 6.15. The number of hydrogen-bond acceptors (Lipinski definition) is 3. The molecule has 3 rings (SSSR count). The number of ether oxygens (including phenoxy) is 1. The van der Waals surface area contributed by atoms with Crippen LogP contribution in [0.4, 0.5) is 5.69 Å². The van der Waals surface area contributed by atoms with Gasteiger partial charge >= 0.3 is 0 Å². The predicted molar refractivity (Wildman–Crippen MR) is 78.4 cm³/mol. The van der Waals surface area contributed by atoms with Gasteiger partial charge in [-0.1, -0.05) is 18.2 Å². The van der Waals surface area contributed by atoms with Crippen LogP contribution in [-0.2, 0) is 11.3 Å². The highest BCUT2D eigenvalue weighted by atomic mass is 16.5. The van der Waals surface area contributed by atoms with Crippen LogP contribution in [0, 0.1) is 0 Å². The van der Waals surface area contributed by atoms with Crippen molar-refractivity contribution in [2.45, 2.75) is 51.5 Å². The van der Waals surface area contributed by atoms with Crippen LogP contribution >= 0.6 is 0 Å². The van der Waals surface area contributed by atoms with Crippen molar-refractivity contribution in [2.24, 2.45) is 0 Å². The van der Waals surface area contributed by atoms with Gasteiger partial charge in [-0.15, -0.1) is 0 Å². The van der Waals surface area contributed by atoms with Crippen LogP contribution in [0.25, 0.3) is 0 Å². The molecule has 104 valence electrons. The minimum absolute atomic E-state index is 0.0410. The Labute approximate surface area is 115 Å². The van der Waals surface area contributed by atoms with E-state index in [-0.39, 0.29) is 5.60 Å². The van der Waals surface area contributed by atoms with Gasteiger partial charge in [0.05, 0.1) is 11.7 Å². The number of nitrogens with zero attached hydrogens (tertiary/aromatic N) is 1. The summed E-state index contributed by atoms with van der Waals surface area (Å²) in [5, 5.41) is 3.58. The van der Waals surface area contributed by atoms with Crippen LogP contribution in [-0.4, -0.2) is 35.7 Å². The van der Waals surface area contributed by atoms with Crippen LogP contribution in [0.3, 0.4) is 0 Å². The van der Waals surface area contributed by atoms with E-state index < -0.39 is 0 Å². The van der Waals surface area contributed by atoms with Gasteiger partial charge in [0.1, 0.15) is 0 Å². The highest BCUT2D eigenvalue weighted by molar-refractivity contribution is 5.52. The van der Waals surface area contributed by atoms with Crippen molar-refractivity contribution in [1.29, 1.82) is 0 Å². The Morgan fingerprint density at radius 2 is 2.05 bits per heavy atom. The second-order valence-electron chi connectivity index (χ2n) is 6.71. The fraction of sp³-hybridized carbons (Fsp3) is 0.625. The lowest BCUT2D eigenvalue weighted by Crippen LogP contribution is -2.32. The maximum absolute atomic E-state index is 6.15. The molecule has 0 saturated carbocycles. The Balaban J connectivity index is 1.71. The molecule has 0 bridgehead atoms. The highest BCUT2D eigenvalue weighted by Crippen LogP contribution is 2.30. The molecular weight excluding hydrogens is 236 g/mol. The van der Waals surface area contributed by atoms with E-state index in [1.54, 1.807) is 0 Å². The van der Waals surface area contributed by atoms with Crippen LogP contribution in [0.2, 0.25) is 0 Å². The summed E-state index contributed by atoms with van der Waals surface area (Å²) in [4.78, 5) is 2.56. The predicted octanol–water partition coefficient (Wildman–Crippen LogP) is 2.87. The van der Waals surface area contributed by atoms with Gasteiger partial charge in [0.25, 0.3) is 0 Å². The average molecular weight is 260 g/mol. The zero-order valence-electron chi connectivity index (χ0n) is 12.1. The molecule has 0 amide bonds. The molecule has 2 atom stereocenters. The molecule has 0 spiro atoms. The summed E-state index contributed by atoms with van der Waals surface area (Å²) in [5.41, 5.74) is 2.66. The maximum Gasteiger partial charge on any atom is 0.0724 e. The van der Waals surface area contributed by atoms with Gasteiger partial charge < -0.3 is 10.1 Å². The molecule has 1 N–H and O–H groups in total. The van der Waals surface area contributed by atoms with E-state index in [1.165, 1.54) is 11.3 Å². The van der Waals surface area contributed by atoms with Crippen molar-refractivity contribution < 1.29 is 4.74 Å². The number of nitrogens with one attached hydrogen (secondary N) is 1. The van der Waals surface area contributed by atoms with Crippen LogP contribution in [0.5, 0.6) is 0 Å². The Morgan fingerprint density at radius 1 is 1.26 bits per heavy atom. The van der Waals surface area contributed by atoms with E-state index >= 15 is 0 Å².